The van der Waals surface area contributed by atoms with Gasteiger partial charge in [0, 0.05) is 43.5 Å². The van der Waals surface area contributed by atoms with E-state index < -0.39 is 0 Å². The summed E-state index contributed by atoms with van der Waals surface area (Å²) in [4.78, 5) is 29.7. The van der Waals surface area contributed by atoms with Crippen LogP contribution in [0.3, 0.4) is 0 Å². The van der Waals surface area contributed by atoms with Crippen LogP contribution >= 0.6 is 12.4 Å². The third-order valence-corrected chi connectivity index (χ3v) is 9.39. The van der Waals surface area contributed by atoms with Crippen LogP contribution in [0.2, 0.25) is 0 Å². The number of nitrogens with one attached hydrogen (secondary N) is 1. The predicted octanol–water partition coefficient (Wildman–Crippen LogP) is 5.74. The highest BCUT2D eigenvalue weighted by atomic mass is 35.5. The number of carbonyl (C=O) groups excluding carboxylic acids is 2. The molecule has 0 saturated carbocycles. The lowest BCUT2D eigenvalue weighted by atomic mass is 9.89. The lowest BCUT2D eigenvalue weighted by molar-refractivity contribution is 0.0749. The van der Waals surface area contributed by atoms with Gasteiger partial charge < -0.3 is 15.1 Å². The van der Waals surface area contributed by atoms with E-state index in [0.717, 1.165) is 99.1 Å². The Kier molecular flexibility index (Phi) is 10.00. The van der Waals surface area contributed by atoms with Crippen molar-refractivity contribution in [2.24, 2.45) is 0 Å². The zero-order valence-electron chi connectivity index (χ0n) is 26.2. The van der Waals surface area contributed by atoms with E-state index in [1.165, 1.54) is 18.4 Å². The van der Waals surface area contributed by atoms with Gasteiger partial charge in [-0.25, -0.2) is 0 Å². The molecule has 1 N–H and O–H groups in total. The summed E-state index contributed by atoms with van der Waals surface area (Å²) in [5.74, 6) is 0.827. The molecule has 1 saturated heterocycles. The average Bonchev–Trinajstić information content (AvgIpc) is 3.53. The Bertz CT molecular complexity index is 1790. The highest BCUT2D eigenvalue weighted by molar-refractivity contribution is 6.05. The number of benzene rings is 3. The number of hydrogen-bond donors (Lipinski definition) is 1. The number of fused-ring (bicyclic) bond motifs is 6. The number of aryl methyl sites for hydroxylation is 2. The molecule has 0 radical (unpaired) electrons. The van der Waals surface area contributed by atoms with Crippen molar-refractivity contribution in [1.82, 2.24) is 34.7 Å². The van der Waals surface area contributed by atoms with Gasteiger partial charge in [-0.2, -0.15) is 10.2 Å². The Morgan fingerprint density at radius 1 is 0.674 bits per heavy atom. The van der Waals surface area contributed by atoms with Crippen LogP contribution in [0.25, 0.3) is 21.8 Å². The Morgan fingerprint density at radius 2 is 1.28 bits per heavy atom. The van der Waals surface area contributed by atoms with Gasteiger partial charge in [-0.1, -0.05) is 66.7 Å². The second-order valence-corrected chi connectivity index (χ2v) is 12.3. The second-order valence-electron chi connectivity index (χ2n) is 12.3. The summed E-state index contributed by atoms with van der Waals surface area (Å²) in [5, 5.41) is 13.9. The summed E-state index contributed by atoms with van der Waals surface area (Å²) in [6, 6.07) is 26.7. The molecule has 2 amide bonds. The van der Waals surface area contributed by atoms with Gasteiger partial charge >= 0.3 is 0 Å². The monoisotopic (exact) mass is 639 g/mol. The van der Waals surface area contributed by atoms with Crippen LogP contribution in [0.15, 0.2) is 78.9 Å². The van der Waals surface area contributed by atoms with Crippen molar-refractivity contribution < 1.29 is 9.59 Å². The minimum absolute atomic E-state index is 0. The molecule has 8 rings (SSSR count). The molecule has 0 spiro atoms. The molecule has 1 fully saturated rings. The molecule has 3 aliphatic heterocycles. The number of amides is 2. The zero-order chi connectivity index (χ0) is 30.6. The van der Waals surface area contributed by atoms with Crippen LogP contribution < -0.4 is 5.32 Å². The maximum atomic E-state index is 13.2. The van der Waals surface area contributed by atoms with Crippen molar-refractivity contribution >= 4 is 46.0 Å². The topological polar surface area (TPSA) is 88.3 Å². The van der Waals surface area contributed by atoms with E-state index in [0.29, 0.717) is 11.6 Å². The molecule has 0 aliphatic carbocycles. The van der Waals surface area contributed by atoms with E-state index in [1.54, 1.807) is 0 Å². The van der Waals surface area contributed by atoms with Crippen molar-refractivity contribution in [3.8, 4) is 0 Å². The van der Waals surface area contributed by atoms with Gasteiger partial charge in [0.2, 0.25) is 0 Å². The van der Waals surface area contributed by atoms with Crippen LogP contribution in [0, 0.1) is 0 Å². The number of hydrogen-bond acceptors (Lipinski definition) is 5. The summed E-state index contributed by atoms with van der Waals surface area (Å²) in [6.07, 6.45) is 5.41. The second kappa shape index (κ2) is 14.5. The molecule has 3 aromatic carbocycles. The van der Waals surface area contributed by atoms with Gasteiger partial charge in [0.05, 0.1) is 11.0 Å². The molecule has 240 valence electrons. The number of halogens is 1. The molecule has 0 bridgehead atoms. The Morgan fingerprint density at radius 3 is 2.00 bits per heavy atom. The Balaban J connectivity index is 0.000000195. The van der Waals surface area contributed by atoms with Crippen LogP contribution in [-0.2, 0) is 13.1 Å². The number of aromatic nitrogens is 4. The first kappa shape index (κ1) is 31.8. The van der Waals surface area contributed by atoms with E-state index in [1.807, 2.05) is 62.8 Å². The molecular formula is C36H42ClN7O2. The first-order chi connectivity index (χ1) is 22.2. The predicted molar refractivity (Wildman–Crippen MR) is 184 cm³/mol. The maximum absolute atomic E-state index is 13.2. The summed E-state index contributed by atoms with van der Waals surface area (Å²) in [5.41, 5.74) is 4.76. The van der Waals surface area contributed by atoms with E-state index in [4.69, 9.17) is 0 Å². The standard InChI is InChI=1S/C25H30N4O.C11H11N3O.ClH/c30-25-24-22-10-4-5-11-23(22)26-29(24)17-7-16-28(25)15-6-14-27-18-12-21(13-19-27)20-8-2-1-3-9-20;15-11-10-8-4-1-2-5-9(8)13-14(10)7-3-6-12-11;/h1-5,8-11,21H,6-7,12-19H2;1-2,4-5H,3,6-7H2,(H,12,15);1H. The Hall–Kier alpha value is -4.21. The number of rotatable bonds is 5. The summed E-state index contributed by atoms with van der Waals surface area (Å²) in [7, 11) is 0. The minimum atomic E-state index is -0.0128. The molecular weight excluding hydrogens is 598 g/mol. The quantitative estimate of drug-likeness (QED) is 0.265. The SMILES string of the molecule is Cl.O=C1NCCCn2nc3ccccc3c21.O=C1c2c3ccccc3nn2CCCN1CCCN1CCC(c2ccccc2)CC1. The molecule has 0 unspecified atom stereocenters. The molecule has 5 heterocycles. The van der Waals surface area contributed by atoms with Crippen molar-refractivity contribution in [2.75, 3.05) is 39.3 Å². The Labute approximate surface area is 275 Å². The summed E-state index contributed by atoms with van der Waals surface area (Å²) in [6.45, 7) is 7.41. The number of piperidine rings is 1. The van der Waals surface area contributed by atoms with Crippen LogP contribution in [-0.4, -0.2) is 80.4 Å². The normalized spacial score (nSPS) is 17.3. The van der Waals surface area contributed by atoms with Crippen molar-refractivity contribution in [3.63, 3.8) is 0 Å². The molecule has 9 nitrogen and oxygen atoms in total. The molecule has 0 atom stereocenters. The van der Waals surface area contributed by atoms with E-state index in [9.17, 15) is 9.59 Å². The molecule has 10 heteroatoms. The van der Waals surface area contributed by atoms with Gasteiger partial charge in [0.15, 0.2) is 0 Å². The molecule has 5 aromatic rings. The third kappa shape index (κ3) is 6.66. The van der Waals surface area contributed by atoms with Gasteiger partial charge in [0.1, 0.15) is 11.4 Å². The first-order valence-electron chi connectivity index (χ1n) is 16.4. The van der Waals surface area contributed by atoms with Crippen molar-refractivity contribution in [2.45, 2.75) is 51.1 Å². The lowest BCUT2D eigenvalue weighted by Gasteiger charge is -2.32. The highest BCUT2D eigenvalue weighted by Gasteiger charge is 2.27. The highest BCUT2D eigenvalue weighted by Crippen LogP contribution is 2.28. The van der Waals surface area contributed by atoms with E-state index in [-0.39, 0.29) is 24.2 Å². The third-order valence-electron chi connectivity index (χ3n) is 9.39. The largest absolute Gasteiger partial charge is 0.351 e. The fraction of sp³-hybridized carbons (Fsp3) is 0.389. The summed E-state index contributed by atoms with van der Waals surface area (Å²) >= 11 is 0. The van der Waals surface area contributed by atoms with Gasteiger partial charge in [-0.05, 0) is 75.4 Å². The lowest BCUT2D eigenvalue weighted by Crippen LogP contribution is -2.37. The smallest absolute Gasteiger partial charge is 0.272 e. The molecule has 2 aromatic heterocycles. The average molecular weight is 640 g/mol. The number of carbonyl (C=O) groups is 2. The molecule has 3 aliphatic rings. The van der Waals surface area contributed by atoms with Gasteiger partial charge in [-0.15, -0.1) is 12.4 Å². The van der Waals surface area contributed by atoms with Crippen LogP contribution in [0.4, 0.5) is 0 Å². The van der Waals surface area contributed by atoms with Crippen LogP contribution in [0.1, 0.15) is 64.6 Å². The number of likely N-dealkylation sites (tertiary alicyclic amines) is 1. The summed E-state index contributed by atoms with van der Waals surface area (Å²) < 4.78 is 3.73. The van der Waals surface area contributed by atoms with Gasteiger partial charge in [0.25, 0.3) is 11.8 Å². The fourth-order valence-electron chi connectivity index (χ4n) is 7.04. The minimum Gasteiger partial charge on any atom is -0.351 e. The maximum Gasteiger partial charge on any atom is 0.272 e. The van der Waals surface area contributed by atoms with Crippen LogP contribution in [0.5, 0.6) is 0 Å². The van der Waals surface area contributed by atoms with Gasteiger partial charge in [-0.3, -0.25) is 19.0 Å². The van der Waals surface area contributed by atoms with Crippen molar-refractivity contribution in [1.29, 1.82) is 0 Å². The number of nitrogens with zero attached hydrogens (tertiary/aromatic N) is 6. The first-order valence-corrected chi connectivity index (χ1v) is 16.4. The van der Waals surface area contributed by atoms with E-state index in [2.05, 4.69) is 50.7 Å². The fourth-order valence-corrected chi connectivity index (χ4v) is 7.04. The molecule has 46 heavy (non-hydrogen) atoms. The van der Waals surface area contributed by atoms with Crippen molar-refractivity contribution in [3.05, 3.63) is 95.8 Å². The van der Waals surface area contributed by atoms with E-state index >= 15 is 0 Å². The zero-order valence-corrected chi connectivity index (χ0v) is 27.0.